The highest BCUT2D eigenvalue weighted by molar-refractivity contribution is 5.51. The van der Waals surface area contributed by atoms with Crippen molar-refractivity contribution in [2.75, 3.05) is 12.4 Å². The molecule has 1 saturated carbocycles. The van der Waals surface area contributed by atoms with Crippen LogP contribution >= 0.6 is 0 Å². The lowest BCUT2D eigenvalue weighted by Crippen LogP contribution is -2.18. The fraction of sp³-hybridized carbons (Fsp3) is 0.545. The van der Waals surface area contributed by atoms with Crippen LogP contribution in [0.3, 0.4) is 0 Å². The number of ether oxygens (including phenoxy) is 1. The van der Waals surface area contributed by atoms with Gasteiger partial charge in [-0.05, 0) is 25.5 Å². The van der Waals surface area contributed by atoms with Gasteiger partial charge in [0.1, 0.15) is 0 Å². The zero-order valence-electron chi connectivity index (χ0n) is 8.87. The Bertz CT molecular complexity index is 340. The molecule has 0 unspecified atom stereocenters. The number of hydrogen-bond donors (Lipinski definition) is 1. The highest BCUT2D eigenvalue weighted by Crippen LogP contribution is 2.41. The minimum Gasteiger partial charge on any atom is -0.379 e. The fourth-order valence-corrected chi connectivity index (χ4v) is 1.60. The molecule has 0 amide bonds. The van der Waals surface area contributed by atoms with Gasteiger partial charge in [-0.25, -0.2) is 0 Å². The largest absolute Gasteiger partial charge is 0.379 e. The van der Waals surface area contributed by atoms with Gasteiger partial charge < -0.3 is 10.1 Å². The first-order valence-electron chi connectivity index (χ1n) is 4.88. The van der Waals surface area contributed by atoms with Gasteiger partial charge in [0.15, 0.2) is 0 Å². The van der Waals surface area contributed by atoms with Crippen molar-refractivity contribution in [2.45, 2.75) is 31.9 Å². The summed E-state index contributed by atoms with van der Waals surface area (Å²) in [6.45, 7) is 4.18. The molecule has 3 nitrogen and oxygen atoms in total. The third kappa shape index (κ3) is 1.60. The van der Waals surface area contributed by atoms with Crippen LogP contribution in [0.15, 0.2) is 18.5 Å². The SMILES string of the molecule is CO[C@@]1(C)C[C@H]1Nc1ccncc1C. The lowest BCUT2D eigenvalue weighted by atomic mass is 10.2. The number of hydrogen-bond acceptors (Lipinski definition) is 3. The van der Waals surface area contributed by atoms with E-state index >= 15 is 0 Å². The molecule has 2 atom stereocenters. The lowest BCUT2D eigenvalue weighted by Gasteiger charge is -2.12. The second-order valence-corrected chi connectivity index (χ2v) is 4.11. The first-order chi connectivity index (χ1) is 6.65. The summed E-state index contributed by atoms with van der Waals surface area (Å²) in [5.41, 5.74) is 2.36. The van der Waals surface area contributed by atoms with Crippen molar-refractivity contribution in [1.29, 1.82) is 0 Å². The summed E-state index contributed by atoms with van der Waals surface area (Å²) in [4.78, 5) is 4.06. The van der Waals surface area contributed by atoms with Gasteiger partial charge in [-0.2, -0.15) is 0 Å². The van der Waals surface area contributed by atoms with E-state index in [-0.39, 0.29) is 5.60 Å². The minimum absolute atomic E-state index is 0.0235. The smallest absolute Gasteiger partial charge is 0.0872 e. The molecule has 0 aliphatic heterocycles. The summed E-state index contributed by atoms with van der Waals surface area (Å²) >= 11 is 0. The molecule has 76 valence electrons. The van der Waals surface area contributed by atoms with E-state index in [2.05, 4.69) is 24.1 Å². The highest BCUT2D eigenvalue weighted by Gasteiger charge is 2.50. The first kappa shape index (κ1) is 9.46. The van der Waals surface area contributed by atoms with Crippen LogP contribution in [0.4, 0.5) is 5.69 Å². The number of aryl methyl sites for hydroxylation is 1. The molecule has 0 radical (unpaired) electrons. The highest BCUT2D eigenvalue weighted by atomic mass is 16.5. The number of nitrogens with zero attached hydrogens (tertiary/aromatic N) is 1. The standard InChI is InChI=1S/C11H16N2O/c1-8-7-12-5-4-9(8)13-10-6-11(10,2)14-3/h4-5,7,10H,6H2,1-3H3,(H,12,13)/t10-,11+/m1/s1. The summed E-state index contributed by atoms with van der Waals surface area (Å²) in [5.74, 6) is 0. The van der Waals surface area contributed by atoms with Crippen LogP contribution in [0, 0.1) is 6.92 Å². The van der Waals surface area contributed by atoms with Crippen molar-refractivity contribution in [2.24, 2.45) is 0 Å². The summed E-state index contributed by atoms with van der Waals surface area (Å²) in [7, 11) is 1.76. The van der Waals surface area contributed by atoms with Crippen molar-refractivity contribution >= 4 is 5.69 Å². The predicted molar refractivity (Wildman–Crippen MR) is 56.4 cm³/mol. The van der Waals surface area contributed by atoms with Crippen molar-refractivity contribution in [3.63, 3.8) is 0 Å². The van der Waals surface area contributed by atoms with Crippen molar-refractivity contribution in [3.8, 4) is 0 Å². The monoisotopic (exact) mass is 192 g/mol. The van der Waals surface area contributed by atoms with Gasteiger partial charge in [0, 0.05) is 31.6 Å². The van der Waals surface area contributed by atoms with Gasteiger partial charge in [-0.15, -0.1) is 0 Å². The summed E-state index contributed by atoms with van der Waals surface area (Å²) in [6, 6.07) is 2.44. The predicted octanol–water partition coefficient (Wildman–Crippen LogP) is 1.98. The number of aromatic nitrogens is 1. The number of methoxy groups -OCH3 is 1. The molecule has 0 bridgehead atoms. The zero-order valence-corrected chi connectivity index (χ0v) is 8.87. The number of pyridine rings is 1. The van der Waals surface area contributed by atoms with Gasteiger partial charge in [0.25, 0.3) is 0 Å². The van der Waals surface area contributed by atoms with Crippen LogP contribution in [0.5, 0.6) is 0 Å². The molecule has 1 aromatic rings. The molecule has 1 heterocycles. The van der Waals surface area contributed by atoms with E-state index in [0.717, 1.165) is 12.1 Å². The molecular weight excluding hydrogens is 176 g/mol. The Morgan fingerprint density at radius 2 is 2.43 bits per heavy atom. The molecule has 3 heteroatoms. The maximum atomic E-state index is 5.40. The maximum absolute atomic E-state index is 5.40. The maximum Gasteiger partial charge on any atom is 0.0872 e. The number of nitrogens with one attached hydrogen (secondary N) is 1. The van der Waals surface area contributed by atoms with Crippen molar-refractivity contribution in [1.82, 2.24) is 4.98 Å². The molecule has 0 saturated heterocycles. The minimum atomic E-state index is 0.0235. The normalized spacial score (nSPS) is 30.1. The van der Waals surface area contributed by atoms with E-state index in [0.29, 0.717) is 6.04 Å². The molecule has 1 aromatic heterocycles. The van der Waals surface area contributed by atoms with Gasteiger partial charge in [-0.1, -0.05) is 0 Å². The third-order valence-corrected chi connectivity index (χ3v) is 3.00. The average molecular weight is 192 g/mol. The van der Waals surface area contributed by atoms with E-state index in [4.69, 9.17) is 4.74 Å². The number of anilines is 1. The Hall–Kier alpha value is -1.09. The van der Waals surface area contributed by atoms with E-state index in [1.807, 2.05) is 18.5 Å². The summed E-state index contributed by atoms with van der Waals surface area (Å²) in [6.07, 6.45) is 4.75. The van der Waals surface area contributed by atoms with Crippen molar-refractivity contribution in [3.05, 3.63) is 24.0 Å². The van der Waals surface area contributed by atoms with E-state index < -0.39 is 0 Å². The van der Waals surface area contributed by atoms with E-state index in [1.165, 1.54) is 5.56 Å². The molecule has 14 heavy (non-hydrogen) atoms. The van der Waals surface area contributed by atoms with Gasteiger partial charge in [-0.3, -0.25) is 4.98 Å². The Kier molecular flexibility index (Phi) is 2.19. The molecule has 2 rings (SSSR count). The topological polar surface area (TPSA) is 34.1 Å². The van der Waals surface area contributed by atoms with Gasteiger partial charge in [0.2, 0.25) is 0 Å². The Labute approximate surface area is 84.5 Å². The van der Waals surface area contributed by atoms with Crippen LogP contribution in [0.25, 0.3) is 0 Å². The van der Waals surface area contributed by atoms with Crippen LogP contribution in [-0.4, -0.2) is 23.7 Å². The van der Waals surface area contributed by atoms with Crippen LogP contribution in [0.2, 0.25) is 0 Å². The summed E-state index contributed by atoms with van der Waals surface area (Å²) in [5, 5.41) is 3.46. The average Bonchev–Trinajstić information content (AvgIpc) is 2.82. The molecule has 1 fully saturated rings. The fourth-order valence-electron chi connectivity index (χ4n) is 1.60. The Morgan fingerprint density at radius 3 is 3.00 bits per heavy atom. The van der Waals surface area contributed by atoms with Crippen LogP contribution < -0.4 is 5.32 Å². The molecule has 1 aliphatic rings. The second-order valence-electron chi connectivity index (χ2n) is 4.11. The summed E-state index contributed by atoms with van der Waals surface area (Å²) < 4.78 is 5.40. The Morgan fingerprint density at radius 1 is 1.64 bits per heavy atom. The van der Waals surface area contributed by atoms with E-state index in [9.17, 15) is 0 Å². The van der Waals surface area contributed by atoms with Gasteiger partial charge in [0.05, 0.1) is 11.6 Å². The second kappa shape index (κ2) is 3.24. The molecule has 0 spiro atoms. The molecule has 1 N–H and O–H groups in total. The first-order valence-corrected chi connectivity index (χ1v) is 4.88. The molecule has 1 aliphatic carbocycles. The third-order valence-electron chi connectivity index (χ3n) is 3.00. The molecule has 0 aromatic carbocycles. The van der Waals surface area contributed by atoms with Gasteiger partial charge >= 0.3 is 0 Å². The quantitative estimate of drug-likeness (QED) is 0.795. The van der Waals surface area contributed by atoms with Crippen LogP contribution in [0.1, 0.15) is 18.9 Å². The Balaban J connectivity index is 2.04. The van der Waals surface area contributed by atoms with E-state index in [1.54, 1.807) is 7.11 Å². The number of rotatable bonds is 3. The zero-order chi connectivity index (χ0) is 10.2. The van der Waals surface area contributed by atoms with Crippen molar-refractivity contribution < 1.29 is 4.74 Å². The molecular formula is C11H16N2O. The lowest BCUT2D eigenvalue weighted by molar-refractivity contribution is 0.0936. The van der Waals surface area contributed by atoms with Crippen LogP contribution in [-0.2, 0) is 4.74 Å².